The number of terminal acetylenes is 1. The lowest BCUT2D eigenvalue weighted by Crippen LogP contribution is -2.28. The van der Waals surface area contributed by atoms with Crippen molar-refractivity contribution in [2.45, 2.75) is 20.0 Å². The standard InChI is InChI=1S/C14H19NO/c1-4-10-15(5-2)11-14(16)13-8-6-12(3)7-9-13/h1,6-9,14,16H,5,10-11H2,2-3H3/t14-/m1/s1. The number of aliphatic hydroxyl groups is 1. The Morgan fingerprint density at radius 1 is 1.38 bits per heavy atom. The average Bonchev–Trinajstić information content (AvgIpc) is 2.29. The zero-order valence-corrected chi connectivity index (χ0v) is 9.98. The maximum absolute atomic E-state index is 10.0. The summed E-state index contributed by atoms with van der Waals surface area (Å²) in [6, 6.07) is 7.94. The Labute approximate surface area is 97.9 Å². The van der Waals surface area contributed by atoms with E-state index in [0.29, 0.717) is 13.1 Å². The van der Waals surface area contributed by atoms with Crippen LogP contribution in [0.1, 0.15) is 24.2 Å². The second-order valence-electron chi connectivity index (χ2n) is 3.96. The van der Waals surface area contributed by atoms with Crippen molar-refractivity contribution < 1.29 is 5.11 Å². The molecule has 2 heteroatoms. The molecule has 1 atom stereocenters. The smallest absolute Gasteiger partial charge is 0.0917 e. The Kier molecular flexibility index (Phi) is 5.04. The molecule has 86 valence electrons. The van der Waals surface area contributed by atoms with Crippen LogP contribution < -0.4 is 0 Å². The molecule has 0 saturated carbocycles. The summed E-state index contributed by atoms with van der Waals surface area (Å²) in [5.74, 6) is 2.60. The first-order chi connectivity index (χ1) is 7.67. The first-order valence-electron chi connectivity index (χ1n) is 5.57. The highest BCUT2D eigenvalue weighted by atomic mass is 16.3. The Hall–Kier alpha value is -1.30. The van der Waals surface area contributed by atoms with E-state index in [-0.39, 0.29) is 0 Å². The van der Waals surface area contributed by atoms with E-state index in [1.165, 1.54) is 5.56 Å². The maximum atomic E-state index is 10.0. The van der Waals surface area contributed by atoms with Gasteiger partial charge in [-0.3, -0.25) is 4.90 Å². The highest BCUT2D eigenvalue weighted by molar-refractivity contribution is 5.23. The Morgan fingerprint density at radius 3 is 2.50 bits per heavy atom. The Morgan fingerprint density at radius 2 is 2.00 bits per heavy atom. The predicted octanol–water partition coefficient (Wildman–Crippen LogP) is 1.98. The molecule has 0 amide bonds. The topological polar surface area (TPSA) is 23.5 Å². The van der Waals surface area contributed by atoms with Crippen molar-refractivity contribution in [1.29, 1.82) is 0 Å². The van der Waals surface area contributed by atoms with Gasteiger partial charge in [-0.2, -0.15) is 0 Å². The number of likely N-dealkylation sites (N-methyl/N-ethyl adjacent to an activating group) is 1. The number of hydrogen-bond acceptors (Lipinski definition) is 2. The predicted molar refractivity (Wildman–Crippen MR) is 67.1 cm³/mol. The van der Waals surface area contributed by atoms with Crippen molar-refractivity contribution >= 4 is 0 Å². The number of nitrogens with zero attached hydrogens (tertiary/aromatic N) is 1. The minimum atomic E-state index is -0.464. The van der Waals surface area contributed by atoms with E-state index < -0.39 is 6.10 Å². The number of aliphatic hydroxyl groups excluding tert-OH is 1. The van der Waals surface area contributed by atoms with Gasteiger partial charge in [-0.25, -0.2) is 0 Å². The lowest BCUT2D eigenvalue weighted by Gasteiger charge is -2.21. The molecule has 0 radical (unpaired) electrons. The number of benzene rings is 1. The third-order valence-electron chi connectivity index (χ3n) is 2.66. The minimum absolute atomic E-state index is 0.464. The average molecular weight is 217 g/mol. The molecule has 0 aliphatic rings. The SMILES string of the molecule is C#CCN(CC)C[C@@H](O)c1ccc(C)cc1. The van der Waals surface area contributed by atoms with Gasteiger partial charge in [0.2, 0.25) is 0 Å². The van der Waals surface area contributed by atoms with Gasteiger partial charge in [0.1, 0.15) is 0 Å². The number of aryl methyl sites for hydroxylation is 1. The van der Waals surface area contributed by atoms with Gasteiger partial charge in [0.05, 0.1) is 12.6 Å². The van der Waals surface area contributed by atoms with Crippen LogP contribution in [0.5, 0.6) is 0 Å². The molecule has 0 aliphatic heterocycles. The van der Waals surface area contributed by atoms with Crippen LogP contribution in [0.25, 0.3) is 0 Å². The fourth-order valence-corrected chi connectivity index (χ4v) is 1.57. The normalized spacial score (nSPS) is 12.4. The molecular formula is C14H19NO. The highest BCUT2D eigenvalue weighted by Gasteiger charge is 2.11. The molecule has 0 aliphatic carbocycles. The van der Waals surface area contributed by atoms with E-state index >= 15 is 0 Å². The molecule has 0 aromatic heterocycles. The van der Waals surface area contributed by atoms with Gasteiger partial charge in [0, 0.05) is 6.54 Å². The van der Waals surface area contributed by atoms with Gasteiger partial charge in [0.15, 0.2) is 0 Å². The van der Waals surface area contributed by atoms with Crippen molar-refractivity contribution in [2.75, 3.05) is 19.6 Å². The minimum Gasteiger partial charge on any atom is -0.387 e. The molecule has 1 aromatic carbocycles. The molecule has 0 bridgehead atoms. The van der Waals surface area contributed by atoms with Crippen LogP contribution in [-0.4, -0.2) is 29.6 Å². The van der Waals surface area contributed by atoms with E-state index in [1.807, 2.05) is 43.0 Å². The van der Waals surface area contributed by atoms with Crippen LogP contribution in [0.2, 0.25) is 0 Å². The molecule has 0 heterocycles. The fraction of sp³-hybridized carbons (Fsp3) is 0.429. The van der Waals surface area contributed by atoms with Crippen LogP contribution >= 0.6 is 0 Å². The summed E-state index contributed by atoms with van der Waals surface area (Å²) >= 11 is 0. The van der Waals surface area contributed by atoms with Crippen LogP contribution in [0.15, 0.2) is 24.3 Å². The van der Waals surface area contributed by atoms with Crippen molar-refractivity contribution in [2.24, 2.45) is 0 Å². The lowest BCUT2D eigenvalue weighted by atomic mass is 10.1. The lowest BCUT2D eigenvalue weighted by molar-refractivity contribution is 0.123. The van der Waals surface area contributed by atoms with Gasteiger partial charge in [-0.15, -0.1) is 6.42 Å². The molecule has 0 unspecified atom stereocenters. The largest absolute Gasteiger partial charge is 0.387 e. The van der Waals surface area contributed by atoms with Crippen LogP contribution in [-0.2, 0) is 0 Å². The summed E-state index contributed by atoms with van der Waals surface area (Å²) in [4.78, 5) is 2.05. The Balaban J connectivity index is 2.60. The van der Waals surface area contributed by atoms with Crippen molar-refractivity contribution in [3.8, 4) is 12.3 Å². The first-order valence-corrected chi connectivity index (χ1v) is 5.57. The summed E-state index contributed by atoms with van der Waals surface area (Å²) in [6.45, 7) is 6.10. The van der Waals surface area contributed by atoms with E-state index in [4.69, 9.17) is 6.42 Å². The quantitative estimate of drug-likeness (QED) is 0.762. The van der Waals surface area contributed by atoms with Gasteiger partial charge in [0.25, 0.3) is 0 Å². The van der Waals surface area contributed by atoms with E-state index in [1.54, 1.807) is 0 Å². The zero-order valence-electron chi connectivity index (χ0n) is 9.98. The zero-order chi connectivity index (χ0) is 12.0. The highest BCUT2D eigenvalue weighted by Crippen LogP contribution is 2.14. The van der Waals surface area contributed by atoms with Gasteiger partial charge in [-0.1, -0.05) is 42.7 Å². The fourth-order valence-electron chi connectivity index (χ4n) is 1.57. The molecule has 1 N–H and O–H groups in total. The first kappa shape index (κ1) is 12.8. The van der Waals surface area contributed by atoms with Crippen molar-refractivity contribution in [1.82, 2.24) is 4.90 Å². The van der Waals surface area contributed by atoms with E-state index in [9.17, 15) is 5.11 Å². The summed E-state index contributed by atoms with van der Waals surface area (Å²) in [6.07, 6.45) is 4.80. The summed E-state index contributed by atoms with van der Waals surface area (Å²) in [7, 11) is 0. The Bertz CT molecular complexity index is 350. The van der Waals surface area contributed by atoms with Crippen molar-refractivity contribution in [3.63, 3.8) is 0 Å². The van der Waals surface area contributed by atoms with Crippen molar-refractivity contribution in [3.05, 3.63) is 35.4 Å². The summed E-state index contributed by atoms with van der Waals surface area (Å²) in [5, 5.41) is 10.0. The van der Waals surface area contributed by atoms with Crippen LogP contribution in [0, 0.1) is 19.3 Å². The molecule has 0 spiro atoms. The third kappa shape index (κ3) is 3.69. The molecule has 1 rings (SSSR count). The molecule has 0 fully saturated rings. The number of hydrogen-bond donors (Lipinski definition) is 1. The molecule has 2 nitrogen and oxygen atoms in total. The molecular weight excluding hydrogens is 198 g/mol. The molecule has 0 saturated heterocycles. The summed E-state index contributed by atoms with van der Waals surface area (Å²) in [5.41, 5.74) is 2.15. The van der Waals surface area contributed by atoms with E-state index in [0.717, 1.165) is 12.1 Å². The summed E-state index contributed by atoms with van der Waals surface area (Å²) < 4.78 is 0. The second kappa shape index (κ2) is 6.32. The maximum Gasteiger partial charge on any atom is 0.0917 e. The van der Waals surface area contributed by atoms with Crippen LogP contribution in [0.3, 0.4) is 0 Å². The number of rotatable bonds is 5. The third-order valence-corrected chi connectivity index (χ3v) is 2.66. The monoisotopic (exact) mass is 217 g/mol. The van der Waals surface area contributed by atoms with E-state index in [2.05, 4.69) is 5.92 Å². The molecule has 16 heavy (non-hydrogen) atoms. The van der Waals surface area contributed by atoms with Gasteiger partial charge >= 0.3 is 0 Å². The van der Waals surface area contributed by atoms with Crippen LogP contribution in [0.4, 0.5) is 0 Å². The molecule has 1 aromatic rings. The van der Waals surface area contributed by atoms with Gasteiger partial charge in [-0.05, 0) is 19.0 Å². The second-order valence-corrected chi connectivity index (χ2v) is 3.96. The van der Waals surface area contributed by atoms with Gasteiger partial charge < -0.3 is 5.11 Å².